The molecule has 1 aromatic carbocycles. The molecule has 6 bridgehead atoms. The minimum atomic E-state index is -0.172. The van der Waals surface area contributed by atoms with Crippen LogP contribution in [0, 0.1) is 23.6 Å². The van der Waals surface area contributed by atoms with E-state index < -0.39 is 0 Å². The number of halogens is 1. The fraction of sp³-hybridized carbons (Fsp3) is 0.720. The van der Waals surface area contributed by atoms with E-state index in [2.05, 4.69) is 15.5 Å². The van der Waals surface area contributed by atoms with Gasteiger partial charge in [0, 0.05) is 30.2 Å². The monoisotopic (exact) mass is 411 g/mol. The maximum atomic E-state index is 13.2. The van der Waals surface area contributed by atoms with Gasteiger partial charge in [-0.25, -0.2) is 9.18 Å². The van der Waals surface area contributed by atoms with Crippen LogP contribution in [-0.4, -0.2) is 34.6 Å². The predicted molar refractivity (Wildman–Crippen MR) is 114 cm³/mol. The fourth-order valence-corrected chi connectivity index (χ4v) is 8.18. The van der Waals surface area contributed by atoms with Gasteiger partial charge in [0.15, 0.2) is 0 Å². The number of carbonyl (C=O) groups is 1. The van der Waals surface area contributed by atoms with Crippen LogP contribution in [0.1, 0.15) is 69.8 Å². The molecule has 0 radical (unpaired) electrons. The summed E-state index contributed by atoms with van der Waals surface area (Å²) in [6, 6.07) is 8.32. The van der Waals surface area contributed by atoms with Gasteiger partial charge < -0.3 is 10.6 Å². The van der Waals surface area contributed by atoms with E-state index >= 15 is 0 Å². The van der Waals surface area contributed by atoms with Crippen molar-refractivity contribution in [1.82, 2.24) is 15.5 Å². The van der Waals surface area contributed by atoms with Gasteiger partial charge in [0.05, 0.1) is 0 Å². The summed E-state index contributed by atoms with van der Waals surface area (Å²) in [5, 5.41) is 6.84. The average molecular weight is 412 g/mol. The summed E-state index contributed by atoms with van der Waals surface area (Å²) in [4.78, 5) is 15.5. The Bertz CT molecular complexity index is 760. The van der Waals surface area contributed by atoms with Crippen molar-refractivity contribution >= 4 is 6.03 Å². The van der Waals surface area contributed by atoms with E-state index in [4.69, 9.17) is 0 Å². The van der Waals surface area contributed by atoms with Crippen LogP contribution in [0.4, 0.5) is 9.18 Å². The smallest absolute Gasteiger partial charge is 0.315 e. The number of piperidine rings is 1. The van der Waals surface area contributed by atoms with Gasteiger partial charge in [0.25, 0.3) is 0 Å². The Kier molecular flexibility index (Phi) is 4.59. The lowest BCUT2D eigenvalue weighted by molar-refractivity contribution is -0.0139. The molecule has 3 atom stereocenters. The highest BCUT2D eigenvalue weighted by Crippen LogP contribution is 2.55. The minimum absolute atomic E-state index is 0.0772. The van der Waals surface area contributed by atoms with Crippen molar-refractivity contribution in [3.05, 3.63) is 35.6 Å². The summed E-state index contributed by atoms with van der Waals surface area (Å²) >= 11 is 0. The molecule has 6 aliphatic rings. The van der Waals surface area contributed by atoms with Crippen molar-refractivity contribution in [2.75, 3.05) is 0 Å². The standard InChI is InChI=1S/C25H34FN3O/c26-20-3-1-16(2-4-20)15-29-22-5-6-23(29)11-21(10-22)27-24(30)28-25-12-17-7-18(13-25)9-19(8-17)14-25/h1-4,17-19,21-23H,5-15H2,(H2,27,28,30)/t17?,18?,19?,21?,22-,23+,25?. The molecular weight excluding hydrogens is 377 g/mol. The number of nitrogens with zero attached hydrogens (tertiary/aromatic N) is 1. The molecule has 162 valence electrons. The van der Waals surface area contributed by atoms with Crippen LogP contribution < -0.4 is 10.6 Å². The van der Waals surface area contributed by atoms with Gasteiger partial charge in [-0.1, -0.05) is 12.1 Å². The van der Waals surface area contributed by atoms with Crippen LogP contribution in [-0.2, 0) is 6.54 Å². The molecule has 7 rings (SSSR count). The number of hydrogen-bond acceptors (Lipinski definition) is 2. The van der Waals surface area contributed by atoms with Crippen LogP contribution in [0.15, 0.2) is 24.3 Å². The molecule has 2 saturated heterocycles. The molecule has 2 heterocycles. The van der Waals surface area contributed by atoms with Gasteiger partial charge in [-0.3, -0.25) is 4.90 Å². The SMILES string of the molecule is O=C(NC1C[C@H]2CC[C@@H](C1)N2Cc1ccc(F)cc1)NC12CC3CC(CC(C3)C1)C2. The zero-order chi connectivity index (χ0) is 20.3. The van der Waals surface area contributed by atoms with Crippen molar-refractivity contribution in [3.8, 4) is 0 Å². The lowest BCUT2D eigenvalue weighted by Gasteiger charge is -2.56. The summed E-state index contributed by atoms with van der Waals surface area (Å²) in [6.45, 7) is 0.891. The van der Waals surface area contributed by atoms with Gasteiger partial charge >= 0.3 is 6.03 Å². The van der Waals surface area contributed by atoms with Crippen molar-refractivity contribution in [3.63, 3.8) is 0 Å². The number of amides is 2. The molecule has 0 spiro atoms. The molecule has 4 aliphatic carbocycles. The quantitative estimate of drug-likeness (QED) is 0.761. The molecule has 1 unspecified atom stereocenters. The lowest BCUT2D eigenvalue weighted by atomic mass is 9.53. The second-order valence-corrected chi connectivity index (χ2v) is 11.1. The summed E-state index contributed by atoms with van der Waals surface area (Å²) in [5.41, 5.74) is 1.26. The second kappa shape index (κ2) is 7.22. The summed E-state index contributed by atoms with van der Waals surface area (Å²) in [5.74, 6) is 2.38. The third-order valence-electron chi connectivity index (χ3n) is 8.91. The Labute approximate surface area is 179 Å². The van der Waals surface area contributed by atoms with Crippen LogP contribution >= 0.6 is 0 Å². The van der Waals surface area contributed by atoms with E-state index in [9.17, 15) is 9.18 Å². The molecule has 4 nitrogen and oxygen atoms in total. The molecule has 1 aromatic rings. The van der Waals surface area contributed by atoms with Gasteiger partial charge in [0.1, 0.15) is 5.82 Å². The second-order valence-electron chi connectivity index (χ2n) is 11.1. The average Bonchev–Trinajstić information content (AvgIpc) is 2.90. The van der Waals surface area contributed by atoms with E-state index in [1.165, 1.54) is 56.9 Å². The number of fused-ring (bicyclic) bond motifs is 2. The van der Waals surface area contributed by atoms with E-state index in [1.807, 2.05) is 12.1 Å². The largest absolute Gasteiger partial charge is 0.335 e. The van der Waals surface area contributed by atoms with Crippen molar-refractivity contribution in [2.45, 2.75) is 94.4 Å². The molecule has 2 amide bonds. The molecule has 0 aromatic heterocycles. The molecule has 2 N–H and O–H groups in total. The van der Waals surface area contributed by atoms with Crippen molar-refractivity contribution in [2.24, 2.45) is 17.8 Å². The molecule has 30 heavy (non-hydrogen) atoms. The van der Waals surface area contributed by atoms with Crippen LogP contribution in [0.2, 0.25) is 0 Å². The maximum Gasteiger partial charge on any atom is 0.315 e. The first-order valence-corrected chi connectivity index (χ1v) is 12.1. The first-order chi connectivity index (χ1) is 14.5. The molecule has 2 aliphatic heterocycles. The Morgan fingerprint density at radius 3 is 2.07 bits per heavy atom. The summed E-state index contributed by atoms with van der Waals surface area (Å²) in [6.07, 6.45) is 12.3. The summed E-state index contributed by atoms with van der Waals surface area (Å²) in [7, 11) is 0. The number of carbonyl (C=O) groups excluding carboxylic acids is 1. The third kappa shape index (κ3) is 3.53. The summed E-state index contributed by atoms with van der Waals surface area (Å²) < 4.78 is 13.2. The highest BCUT2D eigenvalue weighted by molar-refractivity contribution is 5.75. The highest BCUT2D eigenvalue weighted by Gasteiger charge is 2.51. The lowest BCUT2D eigenvalue weighted by Crippen LogP contribution is -2.62. The van der Waals surface area contributed by atoms with Crippen LogP contribution in [0.3, 0.4) is 0 Å². The number of rotatable bonds is 4. The molecular formula is C25H34FN3O. The Morgan fingerprint density at radius 1 is 0.933 bits per heavy atom. The minimum Gasteiger partial charge on any atom is -0.335 e. The molecule has 4 saturated carbocycles. The van der Waals surface area contributed by atoms with E-state index in [1.54, 1.807) is 12.1 Å². The number of urea groups is 1. The third-order valence-corrected chi connectivity index (χ3v) is 8.91. The maximum absolute atomic E-state index is 13.2. The van der Waals surface area contributed by atoms with Crippen molar-refractivity contribution < 1.29 is 9.18 Å². The zero-order valence-electron chi connectivity index (χ0n) is 17.8. The van der Waals surface area contributed by atoms with Gasteiger partial charge in [-0.05, 0) is 99.7 Å². The van der Waals surface area contributed by atoms with E-state index in [0.29, 0.717) is 12.1 Å². The predicted octanol–water partition coefficient (Wildman–Crippen LogP) is 4.59. The Balaban J connectivity index is 1.05. The first kappa shape index (κ1) is 19.1. The van der Waals surface area contributed by atoms with Crippen molar-refractivity contribution in [1.29, 1.82) is 0 Å². The van der Waals surface area contributed by atoms with Crippen LogP contribution in [0.5, 0.6) is 0 Å². The van der Waals surface area contributed by atoms with Gasteiger partial charge in [0.2, 0.25) is 0 Å². The van der Waals surface area contributed by atoms with Crippen LogP contribution in [0.25, 0.3) is 0 Å². The van der Waals surface area contributed by atoms with E-state index in [-0.39, 0.29) is 23.4 Å². The number of nitrogens with one attached hydrogen (secondary N) is 2. The Morgan fingerprint density at radius 2 is 1.50 bits per heavy atom. The normalized spacial score (nSPS) is 41.8. The molecule has 6 fully saturated rings. The highest BCUT2D eigenvalue weighted by atomic mass is 19.1. The van der Waals surface area contributed by atoms with Gasteiger partial charge in [-0.2, -0.15) is 0 Å². The van der Waals surface area contributed by atoms with E-state index in [0.717, 1.165) is 37.1 Å². The number of benzene rings is 1. The first-order valence-electron chi connectivity index (χ1n) is 12.1. The zero-order valence-corrected chi connectivity index (χ0v) is 17.8. The molecule has 5 heteroatoms. The fourth-order valence-electron chi connectivity index (χ4n) is 8.18. The Hall–Kier alpha value is -1.62. The van der Waals surface area contributed by atoms with Gasteiger partial charge in [-0.15, -0.1) is 0 Å². The topological polar surface area (TPSA) is 44.4 Å². The number of hydrogen-bond donors (Lipinski definition) is 2.